The van der Waals surface area contributed by atoms with Gasteiger partial charge in [-0.2, -0.15) is 0 Å². The quantitative estimate of drug-likeness (QED) is 0.694. The number of fused-ring (bicyclic) bond motifs is 1. The topological polar surface area (TPSA) is 73.1 Å². The SMILES string of the molecule is COc1ccc2c(=O)n(CC3CCN(c4ncnc(C)c4C)CC3)cnc2c1. The van der Waals surface area contributed by atoms with Crippen molar-refractivity contribution in [3.8, 4) is 5.75 Å². The molecule has 28 heavy (non-hydrogen) atoms. The molecule has 1 fully saturated rings. The van der Waals surface area contributed by atoms with E-state index >= 15 is 0 Å². The third-order valence-corrected chi connectivity index (χ3v) is 5.71. The average molecular weight is 379 g/mol. The van der Waals surface area contributed by atoms with Crippen LogP contribution < -0.4 is 15.2 Å². The van der Waals surface area contributed by atoms with Crippen LogP contribution in [0, 0.1) is 19.8 Å². The van der Waals surface area contributed by atoms with Crippen LogP contribution in [0.3, 0.4) is 0 Å². The average Bonchev–Trinajstić information content (AvgIpc) is 2.72. The smallest absolute Gasteiger partial charge is 0.261 e. The van der Waals surface area contributed by atoms with Gasteiger partial charge in [-0.1, -0.05) is 0 Å². The maximum absolute atomic E-state index is 12.8. The molecule has 4 rings (SSSR count). The van der Waals surface area contributed by atoms with Gasteiger partial charge >= 0.3 is 0 Å². The summed E-state index contributed by atoms with van der Waals surface area (Å²) in [4.78, 5) is 28.3. The second-order valence-corrected chi connectivity index (χ2v) is 7.42. The molecule has 0 N–H and O–H groups in total. The molecule has 0 atom stereocenters. The Morgan fingerprint density at radius 1 is 1.14 bits per heavy atom. The summed E-state index contributed by atoms with van der Waals surface area (Å²) in [5.41, 5.74) is 2.85. The van der Waals surface area contributed by atoms with Gasteiger partial charge < -0.3 is 9.64 Å². The lowest BCUT2D eigenvalue weighted by Gasteiger charge is -2.33. The summed E-state index contributed by atoms with van der Waals surface area (Å²) in [5.74, 6) is 2.19. The van der Waals surface area contributed by atoms with E-state index in [1.165, 1.54) is 0 Å². The molecule has 1 saturated heterocycles. The van der Waals surface area contributed by atoms with Gasteiger partial charge in [0.25, 0.3) is 5.56 Å². The molecule has 146 valence electrons. The van der Waals surface area contributed by atoms with E-state index < -0.39 is 0 Å². The van der Waals surface area contributed by atoms with Crippen LogP contribution in [0.5, 0.6) is 5.75 Å². The van der Waals surface area contributed by atoms with Crippen molar-refractivity contribution >= 4 is 16.7 Å². The van der Waals surface area contributed by atoms with Crippen LogP contribution in [0.25, 0.3) is 10.9 Å². The first-order valence-corrected chi connectivity index (χ1v) is 9.63. The molecule has 0 amide bonds. The highest BCUT2D eigenvalue weighted by Crippen LogP contribution is 2.26. The summed E-state index contributed by atoms with van der Waals surface area (Å²) in [6.45, 7) is 6.67. The van der Waals surface area contributed by atoms with E-state index in [2.05, 4.69) is 26.8 Å². The molecule has 7 heteroatoms. The molecule has 0 bridgehead atoms. The number of ether oxygens (including phenoxy) is 1. The van der Waals surface area contributed by atoms with Crippen molar-refractivity contribution in [1.82, 2.24) is 19.5 Å². The highest BCUT2D eigenvalue weighted by Gasteiger charge is 2.22. The molecule has 1 aliphatic rings. The number of aryl methyl sites for hydroxylation is 1. The fraction of sp³-hybridized carbons (Fsp3) is 0.429. The Bertz CT molecular complexity index is 1050. The molecule has 3 heterocycles. The van der Waals surface area contributed by atoms with Gasteiger partial charge in [0.15, 0.2) is 0 Å². The van der Waals surface area contributed by atoms with Crippen LogP contribution in [-0.4, -0.2) is 39.7 Å². The van der Waals surface area contributed by atoms with Crippen LogP contribution >= 0.6 is 0 Å². The summed E-state index contributed by atoms with van der Waals surface area (Å²) in [7, 11) is 1.61. The molecular formula is C21H25N5O2. The van der Waals surface area contributed by atoms with Gasteiger partial charge in [-0.05, 0) is 44.7 Å². The molecule has 0 radical (unpaired) electrons. The summed E-state index contributed by atoms with van der Waals surface area (Å²) < 4.78 is 6.96. The zero-order valence-corrected chi connectivity index (χ0v) is 16.6. The number of hydrogen-bond donors (Lipinski definition) is 0. The fourth-order valence-corrected chi connectivity index (χ4v) is 3.85. The van der Waals surface area contributed by atoms with Gasteiger partial charge in [-0.25, -0.2) is 15.0 Å². The van der Waals surface area contributed by atoms with Crippen molar-refractivity contribution in [1.29, 1.82) is 0 Å². The van der Waals surface area contributed by atoms with Gasteiger partial charge in [0.05, 0.1) is 24.3 Å². The van der Waals surface area contributed by atoms with E-state index in [0.717, 1.165) is 43.0 Å². The first kappa shape index (κ1) is 18.4. The molecule has 2 aromatic heterocycles. The Hall–Kier alpha value is -2.96. The Morgan fingerprint density at radius 3 is 2.68 bits per heavy atom. The van der Waals surface area contributed by atoms with Gasteiger partial charge in [0.2, 0.25) is 0 Å². The Morgan fingerprint density at radius 2 is 1.93 bits per heavy atom. The van der Waals surface area contributed by atoms with Gasteiger partial charge in [0.1, 0.15) is 17.9 Å². The fourth-order valence-electron chi connectivity index (χ4n) is 3.85. The molecule has 3 aromatic rings. The van der Waals surface area contributed by atoms with E-state index in [0.29, 0.717) is 29.1 Å². The molecule has 1 aromatic carbocycles. The molecule has 0 saturated carbocycles. The minimum absolute atomic E-state index is 0.0114. The van der Waals surface area contributed by atoms with E-state index in [-0.39, 0.29) is 5.56 Å². The first-order chi connectivity index (χ1) is 13.6. The second kappa shape index (κ2) is 7.58. The van der Waals surface area contributed by atoms with Crippen molar-refractivity contribution in [2.45, 2.75) is 33.2 Å². The lowest BCUT2D eigenvalue weighted by molar-refractivity contribution is 0.351. The van der Waals surface area contributed by atoms with Gasteiger partial charge in [-0.3, -0.25) is 9.36 Å². The van der Waals surface area contributed by atoms with E-state index in [9.17, 15) is 4.79 Å². The van der Waals surface area contributed by atoms with Gasteiger partial charge in [0, 0.05) is 37.0 Å². The van der Waals surface area contributed by atoms with Crippen molar-refractivity contribution in [2.24, 2.45) is 5.92 Å². The number of anilines is 1. The highest BCUT2D eigenvalue weighted by molar-refractivity contribution is 5.78. The largest absolute Gasteiger partial charge is 0.497 e. The normalized spacial score (nSPS) is 15.2. The Kier molecular flexibility index (Phi) is 4.98. The molecule has 0 spiro atoms. The number of methoxy groups -OCH3 is 1. The zero-order valence-electron chi connectivity index (χ0n) is 16.6. The summed E-state index contributed by atoms with van der Waals surface area (Å²) in [6, 6.07) is 5.40. The van der Waals surface area contributed by atoms with E-state index in [1.54, 1.807) is 42.5 Å². The molecular weight excluding hydrogens is 354 g/mol. The molecule has 7 nitrogen and oxygen atoms in total. The molecule has 0 unspecified atom stereocenters. The highest BCUT2D eigenvalue weighted by atomic mass is 16.5. The monoisotopic (exact) mass is 379 g/mol. The minimum Gasteiger partial charge on any atom is -0.497 e. The summed E-state index contributed by atoms with van der Waals surface area (Å²) in [5, 5.41) is 0.632. The van der Waals surface area contributed by atoms with E-state index in [1.807, 2.05) is 6.92 Å². The van der Waals surface area contributed by atoms with Crippen molar-refractivity contribution in [3.05, 3.63) is 52.5 Å². The predicted molar refractivity (Wildman–Crippen MR) is 109 cm³/mol. The number of rotatable bonds is 4. The van der Waals surface area contributed by atoms with Crippen molar-refractivity contribution in [2.75, 3.05) is 25.1 Å². The third-order valence-electron chi connectivity index (χ3n) is 5.71. The van der Waals surface area contributed by atoms with Gasteiger partial charge in [-0.15, -0.1) is 0 Å². The lowest BCUT2D eigenvalue weighted by atomic mass is 9.96. The van der Waals surface area contributed by atoms with E-state index in [4.69, 9.17) is 4.74 Å². The van der Waals surface area contributed by atoms with Crippen LogP contribution in [0.1, 0.15) is 24.1 Å². The number of hydrogen-bond acceptors (Lipinski definition) is 6. The number of nitrogens with zero attached hydrogens (tertiary/aromatic N) is 5. The standard InChI is InChI=1S/C21H25N5O2/c1-14-15(2)22-12-23-20(14)25-8-6-16(7-9-25)11-26-13-24-19-10-17(28-3)4-5-18(19)21(26)27/h4-5,10,12-13,16H,6-9,11H2,1-3H3. The van der Waals surface area contributed by atoms with Crippen LogP contribution in [0.4, 0.5) is 5.82 Å². The van der Waals surface area contributed by atoms with Crippen LogP contribution in [-0.2, 0) is 6.54 Å². The van der Waals surface area contributed by atoms with Crippen LogP contribution in [0.2, 0.25) is 0 Å². The Labute approximate surface area is 164 Å². The number of piperidine rings is 1. The zero-order chi connectivity index (χ0) is 19.7. The number of benzene rings is 1. The minimum atomic E-state index is 0.0114. The summed E-state index contributed by atoms with van der Waals surface area (Å²) in [6.07, 6.45) is 5.35. The maximum atomic E-state index is 12.8. The predicted octanol–water partition coefficient (Wildman–Crippen LogP) is 2.73. The summed E-state index contributed by atoms with van der Waals surface area (Å²) >= 11 is 0. The molecule has 1 aliphatic heterocycles. The lowest BCUT2D eigenvalue weighted by Crippen LogP contribution is -2.37. The molecule has 0 aliphatic carbocycles. The van der Waals surface area contributed by atoms with Crippen LogP contribution in [0.15, 0.2) is 35.6 Å². The number of aromatic nitrogens is 4. The second-order valence-electron chi connectivity index (χ2n) is 7.42. The maximum Gasteiger partial charge on any atom is 0.261 e. The van der Waals surface area contributed by atoms with Crippen molar-refractivity contribution < 1.29 is 4.74 Å². The first-order valence-electron chi connectivity index (χ1n) is 9.63. The third kappa shape index (κ3) is 3.44. The van der Waals surface area contributed by atoms with Crippen molar-refractivity contribution in [3.63, 3.8) is 0 Å². The Balaban J connectivity index is 1.47.